The number of thiophene rings is 1. The molecule has 0 aliphatic carbocycles. The van der Waals surface area contributed by atoms with Crippen molar-refractivity contribution in [3.05, 3.63) is 83.0 Å². The number of nitrogens with one attached hydrogen (secondary N) is 1. The summed E-state index contributed by atoms with van der Waals surface area (Å²) in [5, 5.41) is 18.8. The van der Waals surface area contributed by atoms with E-state index in [9.17, 15) is 9.90 Å². The topological polar surface area (TPSA) is 67.2 Å². The molecule has 0 radical (unpaired) electrons. The van der Waals surface area contributed by atoms with Crippen LogP contribution in [0.5, 0.6) is 0 Å². The van der Waals surface area contributed by atoms with E-state index in [0.717, 1.165) is 26.7 Å². The lowest BCUT2D eigenvalue weighted by Gasteiger charge is -2.13. The molecule has 0 atom stereocenters. The first-order chi connectivity index (χ1) is 16.1. The third-order valence-electron chi connectivity index (χ3n) is 5.38. The summed E-state index contributed by atoms with van der Waals surface area (Å²) in [5.74, 6) is 0.346. The lowest BCUT2D eigenvalue weighted by atomic mass is 10.1. The van der Waals surface area contributed by atoms with Crippen LogP contribution in [0.3, 0.4) is 0 Å². The molecule has 0 saturated carbocycles. The van der Waals surface area contributed by atoms with Crippen molar-refractivity contribution in [3.63, 3.8) is 0 Å². The molecule has 4 rings (SSSR count). The maximum Gasteiger partial charge on any atom is 0.251 e. The third kappa shape index (κ3) is 5.25. The summed E-state index contributed by atoms with van der Waals surface area (Å²) in [6, 6.07) is 21.2. The second-order valence-corrected chi connectivity index (χ2v) is 10.7. The second kappa shape index (κ2) is 9.74. The maximum atomic E-state index is 12.3. The van der Waals surface area contributed by atoms with Crippen LogP contribution >= 0.6 is 22.9 Å². The fourth-order valence-electron chi connectivity index (χ4n) is 3.48. The van der Waals surface area contributed by atoms with E-state index in [0.29, 0.717) is 28.7 Å². The molecule has 2 N–H and O–H groups in total. The summed E-state index contributed by atoms with van der Waals surface area (Å²) in [7, 11) is 0. The molecule has 4 aromatic rings. The van der Waals surface area contributed by atoms with Gasteiger partial charge in [0.25, 0.3) is 5.91 Å². The highest BCUT2D eigenvalue weighted by atomic mass is 35.5. The van der Waals surface area contributed by atoms with Gasteiger partial charge in [-0.25, -0.2) is 4.68 Å². The molecule has 0 aliphatic heterocycles. The first-order valence-electron chi connectivity index (χ1n) is 11.2. The number of para-hydroxylation sites is 1. The zero-order chi connectivity index (χ0) is 24.5. The number of aliphatic hydroxyl groups is 1. The van der Waals surface area contributed by atoms with Gasteiger partial charge in [-0.15, -0.1) is 11.3 Å². The van der Waals surface area contributed by atoms with Crippen molar-refractivity contribution in [1.29, 1.82) is 0 Å². The van der Waals surface area contributed by atoms with Gasteiger partial charge in [0.1, 0.15) is 5.60 Å². The molecular formula is C27H28ClN3O2S. The number of hydrogen-bond donors (Lipinski definition) is 2. The lowest BCUT2D eigenvalue weighted by molar-refractivity contribution is 0.0734. The Kier molecular flexibility index (Phi) is 6.94. The van der Waals surface area contributed by atoms with Gasteiger partial charge in [0, 0.05) is 17.0 Å². The summed E-state index contributed by atoms with van der Waals surface area (Å²) in [6.45, 7) is 8.23. The summed E-state index contributed by atoms with van der Waals surface area (Å²) in [6.07, 6.45) is 0. The van der Waals surface area contributed by atoms with Crippen molar-refractivity contribution in [2.45, 2.75) is 33.3 Å². The maximum absolute atomic E-state index is 12.3. The van der Waals surface area contributed by atoms with Crippen LogP contribution in [-0.4, -0.2) is 27.3 Å². The van der Waals surface area contributed by atoms with Crippen LogP contribution in [0.2, 0.25) is 5.02 Å². The Morgan fingerprint density at radius 1 is 1.09 bits per heavy atom. The highest BCUT2D eigenvalue weighted by Crippen LogP contribution is 2.38. The van der Waals surface area contributed by atoms with Gasteiger partial charge in [-0.1, -0.05) is 49.7 Å². The number of hydrogen-bond acceptors (Lipinski definition) is 4. The molecule has 0 saturated heterocycles. The number of halogens is 1. The van der Waals surface area contributed by atoms with Crippen LogP contribution in [0.25, 0.3) is 26.7 Å². The average molecular weight is 494 g/mol. The Morgan fingerprint density at radius 3 is 2.41 bits per heavy atom. The number of aromatic nitrogens is 2. The Labute approximate surface area is 209 Å². The molecule has 2 heterocycles. The molecule has 5 nitrogen and oxygen atoms in total. The largest absolute Gasteiger partial charge is 0.384 e. The fourth-order valence-corrected chi connectivity index (χ4v) is 4.71. The Bertz CT molecular complexity index is 1300. The number of benzene rings is 2. The van der Waals surface area contributed by atoms with Crippen molar-refractivity contribution in [2.24, 2.45) is 5.92 Å². The molecule has 2 aromatic carbocycles. The highest BCUT2D eigenvalue weighted by molar-refractivity contribution is 7.18. The zero-order valence-electron chi connectivity index (χ0n) is 19.7. The summed E-state index contributed by atoms with van der Waals surface area (Å²) < 4.78 is 1.79. The van der Waals surface area contributed by atoms with E-state index >= 15 is 0 Å². The SMILES string of the molecule is CC(C)CNC(=O)c1ccc(-c2ccc(-c3cc(C(C)(C)O)nn3-c3ccccc3Cl)s2)cc1. The smallest absolute Gasteiger partial charge is 0.251 e. The van der Waals surface area contributed by atoms with Crippen LogP contribution in [0.1, 0.15) is 43.7 Å². The van der Waals surface area contributed by atoms with E-state index in [1.165, 1.54) is 0 Å². The molecule has 0 aliphatic rings. The highest BCUT2D eigenvalue weighted by Gasteiger charge is 2.24. The van der Waals surface area contributed by atoms with E-state index in [-0.39, 0.29) is 5.91 Å². The third-order valence-corrected chi connectivity index (χ3v) is 6.85. The van der Waals surface area contributed by atoms with E-state index < -0.39 is 5.60 Å². The normalized spacial score (nSPS) is 11.7. The van der Waals surface area contributed by atoms with Crippen molar-refractivity contribution in [3.8, 4) is 26.7 Å². The molecule has 0 spiro atoms. The van der Waals surface area contributed by atoms with Gasteiger partial charge in [0.2, 0.25) is 0 Å². The second-order valence-electron chi connectivity index (χ2n) is 9.18. The molecule has 176 valence electrons. The van der Waals surface area contributed by atoms with Crippen LogP contribution in [0.15, 0.2) is 66.7 Å². The summed E-state index contributed by atoms with van der Waals surface area (Å²) in [5.41, 5.74) is 2.76. The molecule has 1 amide bonds. The number of nitrogens with zero attached hydrogens (tertiary/aromatic N) is 2. The Hall–Kier alpha value is -2.93. The zero-order valence-corrected chi connectivity index (χ0v) is 21.2. The molecule has 34 heavy (non-hydrogen) atoms. The van der Waals surface area contributed by atoms with Gasteiger partial charge in [0.15, 0.2) is 0 Å². The number of amides is 1. The first kappa shape index (κ1) is 24.2. The summed E-state index contributed by atoms with van der Waals surface area (Å²) >= 11 is 8.09. The number of rotatable bonds is 7. The molecule has 2 aromatic heterocycles. The van der Waals surface area contributed by atoms with Gasteiger partial charge in [-0.05, 0) is 67.8 Å². The van der Waals surface area contributed by atoms with Crippen LogP contribution in [0, 0.1) is 5.92 Å². The van der Waals surface area contributed by atoms with Crippen LogP contribution in [-0.2, 0) is 5.60 Å². The lowest BCUT2D eigenvalue weighted by Crippen LogP contribution is -2.27. The van der Waals surface area contributed by atoms with E-state index in [4.69, 9.17) is 11.6 Å². The Balaban J connectivity index is 1.66. The fraction of sp³-hybridized carbons (Fsp3) is 0.259. The minimum atomic E-state index is -1.09. The predicted octanol–water partition coefficient (Wildman–Crippen LogP) is 6.53. The predicted molar refractivity (Wildman–Crippen MR) is 140 cm³/mol. The first-order valence-corrected chi connectivity index (χ1v) is 12.4. The average Bonchev–Trinajstić information content (AvgIpc) is 3.45. The van der Waals surface area contributed by atoms with Gasteiger partial charge in [-0.3, -0.25) is 4.79 Å². The van der Waals surface area contributed by atoms with Gasteiger partial charge in [-0.2, -0.15) is 5.10 Å². The molecule has 7 heteroatoms. The van der Waals surface area contributed by atoms with Gasteiger partial charge in [0.05, 0.1) is 27.0 Å². The van der Waals surface area contributed by atoms with Crippen LogP contribution < -0.4 is 5.32 Å². The van der Waals surface area contributed by atoms with Gasteiger partial charge < -0.3 is 10.4 Å². The quantitative estimate of drug-likeness (QED) is 0.307. The van der Waals surface area contributed by atoms with E-state index in [2.05, 4.69) is 30.3 Å². The van der Waals surface area contributed by atoms with E-state index in [1.807, 2.05) is 60.7 Å². The molecule has 0 fully saturated rings. The van der Waals surface area contributed by atoms with Crippen molar-refractivity contribution >= 4 is 28.8 Å². The minimum absolute atomic E-state index is 0.0603. The van der Waals surface area contributed by atoms with Crippen LogP contribution in [0.4, 0.5) is 0 Å². The molecule has 0 unspecified atom stereocenters. The van der Waals surface area contributed by atoms with Crippen molar-refractivity contribution in [1.82, 2.24) is 15.1 Å². The summed E-state index contributed by atoms with van der Waals surface area (Å²) in [4.78, 5) is 14.4. The van der Waals surface area contributed by atoms with Gasteiger partial charge >= 0.3 is 0 Å². The monoisotopic (exact) mass is 493 g/mol. The molecule has 0 bridgehead atoms. The minimum Gasteiger partial charge on any atom is -0.384 e. The molecular weight excluding hydrogens is 466 g/mol. The number of carbonyl (C=O) groups excluding carboxylic acids is 1. The van der Waals surface area contributed by atoms with Crippen molar-refractivity contribution in [2.75, 3.05) is 6.54 Å². The van der Waals surface area contributed by atoms with E-state index in [1.54, 1.807) is 29.9 Å². The Morgan fingerprint density at radius 2 is 1.76 bits per heavy atom. The number of carbonyl (C=O) groups is 1. The standard InChI is InChI=1S/C27H28ClN3O2S/c1-17(2)16-29-26(32)19-11-9-18(10-12-19)23-13-14-24(34-23)22-15-25(27(3,4)33)30-31(22)21-8-6-5-7-20(21)28/h5-15,17,33H,16H2,1-4H3,(H,29,32). The van der Waals surface area contributed by atoms with Crippen molar-refractivity contribution < 1.29 is 9.90 Å².